The Morgan fingerprint density at radius 1 is 1.21 bits per heavy atom. The van der Waals surface area contributed by atoms with Gasteiger partial charge in [-0.2, -0.15) is 4.98 Å². The quantitative estimate of drug-likeness (QED) is 0.893. The summed E-state index contributed by atoms with van der Waals surface area (Å²) in [6.45, 7) is 3.68. The Morgan fingerprint density at radius 2 is 1.95 bits per heavy atom. The Hall–Kier alpha value is -2.08. The van der Waals surface area contributed by atoms with Crippen molar-refractivity contribution in [3.8, 4) is 17.1 Å². The fourth-order valence-electron chi connectivity index (χ4n) is 2.06. The van der Waals surface area contributed by atoms with Crippen molar-refractivity contribution in [1.29, 1.82) is 0 Å². The number of hydrogen-bond donors (Lipinski definition) is 1. The number of methoxy groups -OCH3 is 1. The average molecular weight is 260 g/mol. The van der Waals surface area contributed by atoms with E-state index in [1.807, 2.05) is 24.3 Å². The standard InChI is InChI=1S/C13H16N4O2/c1-18-11-4-2-10(3-5-11)12-15-13(19-16-12)17-8-6-14-7-9-17/h2-5,14H,6-9H2,1H3. The van der Waals surface area contributed by atoms with Crippen LogP contribution in [-0.4, -0.2) is 43.4 Å². The van der Waals surface area contributed by atoms with E-state index < -0.39 is 0 Å². The third-order valence-electron chi connectivity index (χ3n) is 3.15. The van der Waals surface area contributed by atoms with Gasteiger partial charge >= 0.3 is 6.01 Å². The minimum absolute atomic E-state index is 0.590. The summed E-state index contributed by atoms with van der Waals surface area (Å²) in [5.41, 5.74) is 0.922. The lowest BCUT2D eigenvalue weighted by molar-refractivity contribution is 0.405. The highest BCUT2D eigenvalue weighted by Gasteiger charge is 2.17. The number of aromatic nitrogens is 2. The second kappa shape index (κ2) is 5.27. The summed E-state index contributed by atoms with van der Waals surface area (Å²) in [7, 11) is 1.64. The number of hydrogen-bond acceptors (Lipinski definition) is 6. The molecule has 0 atom stereocenters. The number of ether oxygens (including phenoxy) is 1. The van der Waals surface area contributed by atoms with Gasteiger partial charge < -0.3 is 19.5 Å². The number of rotatable bonds is 3. The van der Waals surface area contributed by atoms with Crippen LogP contribution in [-0.2, 0) is 0 Å². The molecule has 1 aliphatic heterocycles. The molecule has 2 heterocycles. The van der Waals surface area contributed by atoms with Gasteiger partial charge in [0.1, 0.15) is 5.75 Å². The van der Waals surface area contributed by atoms with Gasteiger partial charge in [-0.3, -0.25) is 0 Å². The molecule has 19 heavy (non-hydrogen) atoms. The molecular formula is C13H16N4O2. The zero-order chi connectivity index (χ0) is 13.1. The summed E-state index contributed by atoms with van der Waals surface area (Å²) in [4.78, 5) is 6.53. The largest absolute Gasteiger partial charge is 0.497 e. The van der Waals surface area contributed by atoms with Crippen LogP contribution in [0.3, 0.4) is 0 Å². The van der Waals surface area contributed by atoms with Crippen LogP contribution in [0.5, 0.6) is 5.75 Å². The maximum atomic E-state index is 5.32. The molecule has 0 aliphatic carbocycles. The number of benzene rings is 1. The molecule has 6 nitrogen and oxygen atoms in total. The fourth-order valence-corrected chi connectivity index (χ4v) is 2.06. The van der Waals surface area contributed by atoms with Gasteiger partial charge in [-0.05, 0) is 24.3 Å². The number of anilines is 1. The highest BCUT2D eigenvalue weighted by atomic mass is 16.5. The van der Waals surface area contributed by atoms with Gasteiger partial charge in [0.25, 0.3) is 0 Å². The van der Waals surface area contributed by atoms with E-state index in [2.05, 4.69) is 20.4 Å². The molecule has 1 aliphatic rings. The molecule has 1 aromatic heterocycles. The molecule has 1 saturated heterocycles. The molecule has 100 valence electrons. The molecule has 0 radical (unpaired) electrons. The first-order valence-corrected chi connectivity index (χ1v) is 6.30. The molecule has 3 rings (SSSR count). The Bertz CT molecular complexity index is 532. The second-order valence-electron chi connectivity index (χ2n) is 4.37. The maximum Gasteiger partial charge on any atom is 0.324 e. The van der Waals surface area contributed by atoms with Crippen molar-refractivity contribution in [2.24, 2.45) is 0 Å². The zero-order valence-corrected chi connectivity index (χ0v) is 10.8. The van der Waals surface area contributed by atoms with Crippen LogP contribution in [0, 0.1) is 0 Å². The summed E-state index contributed by atoms with van der Waals surface area (Å²) < 4.78 is 10.4. The van der Waals surface area contributed by atoms with Gasteiger partial charge in [0.05, 0.1) is 7.11 Å². The summed E-state index contributed by atoms with van der Waals surface area (Å²) >= 11 is 0. The fraction of sp³-hybridized carbons (Fsp3) is 0.385. The lowest BCUT2D eigenvalue weighted by Gasteiger charge is -2.24. The molecule has 0 spiro atoms. The lowest BCUT2D eigenvalue weighted by atomic mass is 10.2. The average Bonchev–Trinajstić information content (AvgIpc) is 2.98. The van der Waals surface area contributed by atoms with Gasteiger partial charge in [-0.25, -0.2) is 0 Å². The summed E-state index contributed by atoms with van der Waals surface area (Å²) in [6, 6.07) is 8.20. The highest BCUT2D eigenvalue weighted by molar-refractivity contribution is 5.56. The summed E-state index contributed by atoms with van der Waals surface area (Å²) in [5, 5.41) is 7.32. The van der Waals surface area contributed by atoms with E-state index in [-0.39, 0.29) is 0 Å². The van der Waals surface area contributed by atoms with Gasteiger partial charge in [0.15, 0.2) is 0 Å². The number of nitrogens with zero attached hydrogens (tertiary/aromatic N) is 3. The van der Waals surface area contributed by atoms with Crippen LogP contribution in [0.2, 0.25) is 0 Å². The second-order valence-corrected chi connectivity index (χ2v) is 4.37. The predicted molar refractivity (Wildman–Crippen MR) is 71.4 cm³/mol. The Balaban J connectivity index is 1.79. The van der Waals surface area contributed by atoms with E-state index in [4.69, 9.17) is 9.26 Å². The van der Waals surface area contributed by atoms with Crippen molar-refractivity contribution >= 4 is 6.01 Å². The van der Waals surface area contributed by atoms with Crippen LogP contribution in [0.25, 0.3) is 11.4 Å². The van der Waals surface area contributed by atoms with E-state index in [1.54, 1.807) is 7.11 Å². The number of nitrogens with one attached hydrogen (secondary N) is 1. The normalized spacial score (nSPS) is 15.5. The molecule has 0 amide bonds. The van der Waals surface area contributed by atoms with Crippen LogP contribution < -0.4 is 15.0 Å². The monoisotopic (exact) mass is 260 g/mol. The van der Waals surface area contributed by atoms with E-state index >= 15 is 0 Å². The van der Waals surface area contributed by atoms with Crippen LogP contribution >= 0.6 is 0 Å². The third-order valence-corrected chi connectivity index (χ3v) is 3.15. The Kier molecular flexibility index (Phi) is 3.33. The molecule has 0 unspecified atom stereocenters. The van der Waals surface area contributed by atoms with Crippen molar-refractivity contribution in [2.75, 3.05) is 38.2 Å². The highest BCUT2D eigenvalue weighted by Crippen LogP contribution is 2.22. The SMILES string of the molecule is COc1ccc(-c2noc(N3CCNCC3)n2)cc1. The zero-order valence-electron chi connectivity index (χ0n) is 10.8. The predicted octanol–water partition coefficient (Wildman–Crippen LogP) is 1.15. The molecular weight excluding hydrogens is 244 g/mol. The van der Waals surface area contributed by atoms with Crippen molar-refractivity contribution in [3.63, 3.8) is 0 Å². The van der Waals surface area contributed by atoms with Crippen LogP contribution in [0.1, 0.15) is 0 Å². The van der Waals surface area contributed by atoms with Crippen LogP contribution in [0.4, 0.5) is 6.01 Å². The van der Waals surface area contributed by atoms with Gasteiger partial charge in [-0.15, -0.1) is 0 Å². The van der Waals surface area contributed by atoms with Crippen molar-refractivity contribution in [3.05, 3.63) is 24.3 Å². The molecule has 0 bridgehead atoms. The Morgan fingerprint density at radius 3 is 2.63 bits per heavy atom. The van der Waals surface area contributed by atoms with Gasteiger partial charge in [-0.1, -0.05) is 5.16 Å². The maximum absolute atomic E-state index is 5.32. The van der Waals surface area contributed by atoms with Gasteiger partial charge in [0.2, 0.25) is 5.82 Å². The topological polar surface area (TPSA) is 63.4 Å². The van der Waals surface area contributed by atoms with Crippen LogP contribution in [0.15, 0.2) is 28.8 Å². The smallest absolute Gasteiger partial charge is 0.324 e. The lowest BCUT2D eigenvalue weighted by Crippen LogP contribution is -2.43. The molecule has 2 aromatic rings. The number of piperazine rings is 1. The van der Waals surface area contributed by atoms with E-state index in [9.17, 15) is 0 Å². The third kappa shape index (κ3) is 2.53. The van der Waals surface area contributed by atoms with E-state index in [1.165, 1.54) is 0 Å². The van der Waals surface area contributed by atoms with Gasteiger partial charge in [0, 0.05) is 31.7 Å². The molecule has 0 saturated carbocycles. The summed E-state index contributed by atoms with van der Waals surface area (Å²) in [5.74, 6) is 1.42. The first kappa shape index (κ1) is 12.0. The van der Waals surface area contributed by atoms with Crippen molar-refractivity contribution in [1.82, 2.24) is 15.5 Å². The molecule has 6 heteroatoms. The molecule has 1 fully saturated rings. The first-order valence-electron chi connectivity index (χ1n) is 6.30. The van der Waals surface area contributed by atoms with E-state index in [0.717, 1.165) is 37.5 Å². The minimum Gasteiger partial charge on any atom is -0.497 e. The van der Waals surface area contributed by atoms with E-state index in [0.29, 0.717) is 11.8 Å². The minimum atomic E-state index is 0.590. The molecule has 1 aromatic carbocycles. The first-order chi connectivity index (χ1) is 9.36. The van der Waals surface area contributed by atoms with Crippen molar-refractivity contribution in [2.45, 2.75) is 0 Å². The van der Waals surface area contributed by atoms with Crippen molar-refractivity contribution < 1.29 is 9.26 Å². The molecule has 1 N–H and O–H groups in total. The Labute approximate surface area is 111 Å². The summed E-state index contributed by atoms with van der Waals surface area (Å²) in [6.07, 6.45) is 0.